The molecule has 25 heavy (non-hydrogen) atoms. The van der Waals surface area contributed by atoms with Crippen LogP contribution in [0.25, 0.3) is 11.0 Å². The molecular weight excluding hydrogens is 320 g/mol. The number of aliphatic hydroxyl groups excluding tert-OH is 1. The fourth-order valence-corrected chi connectivity index (χ4v) is 2.41. The topological polar surface area (TPSA) is 76.8 Å². The second-order valence-electron chi connectivity index (χ2n) is 5.76. The first kappa shape index (κ1) is 17.3. The number of nitrogens with one attached hydrogen (secondary N) is 1. The Balaban J connectivity index is 1.34. The number of aryl methyl sites for hydroxylation is 1. The molecule has 1 unspecified atom stereocenters. The van der Waals surface area contributed by atoms with Crippen LogP contribution in [0.2, 0.25) is 0 Å². The Labute approximate surface area is 146 Å². The van der Waals surface area contributed by atoms with Gasteiger partial charge >= 0.3 is 0 Å². The van der Waals surface area contributed by atoms with E-state index in [1.807, 2.05) is 49.4 Å². The minimum Gasteiger partial charge on any atom is -0.492 e. The minimum atomic E-state index is -0.601. The third kappa shape index (κ3) is 4.95. The summed E-state index contributed by atoms with van der Waals surface area (Å²) in [6.45, 7) is 3.72. The Kier molecular flexibility index (Phi) is 5.87. The van der Waals surface area contributed by atoms with E-state index >= 15 is 0 Å². The van der Waals surface area contributed by atoms with Crippen LogP contribution in [0.3, 0.4) is 0 Å². The normalized spacial score (nSPS) is 12.2. The smallest absolute Gasteiger partial charge is 0.167 e. The van der Waals surface area contributed by atoms with Crippen molar-refractivity contribution in [2.75, 3.05) is 26.3 Å². The van der Waals surface area contributed by atoms with E-state index < -0.39 is 6.10 Å². The van der Waals surface area contributed by atoms with Gasteiger partial charge in [0.05, 0.1) is 5.69 Å². The summed E-state index contributed by atoms with van der Waals surface area (Å²) < 4.78 is 16.4. The molecule has 0 amide bonds. The summed E-state index contributed by atoms with van der Waals surface area (Å²) in [5, 5.41) is 18.0. The molecule has 0 radical (unpaired) electrons. The van der Waals surface area contributed by atoms with Crippen LogP contribution in [0.15, 0.2) is 53.1 Å². The zero-order valence-electron chi connectivity index (χ0n) is 14.1. The second kappa shape index (κ2) is 8.50. The maximum atomic E-state index is 10.00. The third-order valence-electron chi connectivity index (χ3n) is 3.73. The molecule has 2 N–H and O–H groups in total. The minimum absolute atomic E-state index is 0.211. The predicted molar refractivity (Wildman–Crippen MR) is 95.1 cm³/mol. The van der Waals surface area contributed by atoms with E-state index in [9.17, 15) is 5.11 Å². The van der Waals surface area contributed by atoms with Crippen LogP contribution < -0.4 is 14.8 Å². The van der Waals surface area contributed by atoms with Crippen molar-refractivity contribution in [1.29, 1.82) is 0 Å². The molecule has 1 heterocycles. The van der Waals surface area contributed by atoms with Gasteiger partial charge in [-0.3, -0.25) is 0 Å². The van der Waals surface area contributed by atoms with Crippen LogP contribution in [0.1, 0.15) is 5.69 Å². The van der Waals surface area contributed by atoms with E-state index in [1.165, 1.54) is 0 Å². The lowest BCUT2D eigenvalue weighted by Gasteiger charge is -2.13. The first-order valence-corrected chi connectivity index (χ1v) is 8.28. The molecule has 2 aromatic carbocycles. The van der Waals surface area contributed by atoms with Gasteiger partial charge in [0.25, 0.3) is 0 Å². The summed E-state index contributed by atoms with van der Waals surface area (Å²) in [5.41, 5.74) is 1.55. The molecule has 0 saturated heterocycles. The summed E-state index contributed by atoms with van der Waals surface area (Å²) in [4.78, 5) is 0. The summed E-state index contributed by atoms with van der Waals surface area (Å²) >= 11 is 0. The number of nitrogens with zero attached hydrogens (tertiary/aromatic N) is 1. The standard InChI is InChI=1S/C19H22N2O4/c1-14-18-11-17(7-8-19(18)25-21-14)24-13-15(22)12-20-9-10-23-16-5-3-2-4-6-16/h2-8,11,15,20,22H,9-10,12-13H2,1H3. The van der Waals surface area contributed by atoms with Crippen LogP contribution in [0.4, 0.5) is 0 Å². The van der Waals surface area contributed by atoms with Crippen molar-refractivity contribution >= 4 is 11.0 Å². The van der Waals surface area contributed by atoms with E-state index in [0.717, 1.165) is 22.4 Å². The molecule has 6 heteroatoms. The van der Waals surface area contributed by atoms with Crippen LogP contribution >= 0.6 is 0 Å². The van der Waals surface area contributed by atoms with E-state index in [2.05, 4.69) is 10.5 Å². The molecule has 0 aliphatic rings. The molecule has 0 aliphatic heterocycles. The maximum Gasteiger partial charge on any atom is 0.167 e. The van der Waals surface area contributed by atoms with Gasteiger partial charge in [0.2, 0.25) is 0 Å². The molecule has 3 rings (SSSR count). The fraction of sp³-hybridized carbons (Fsp3) is 0.316. The lowest BCUT2D eigenvalue weighted by Crippen LogP contribution is -2.33. The Hall–Kier alpha value is -2.57. The number of aliphatic hydroxyl groups is 1. The molecule has 3 aromatic rings. The molecule has 0 fully saturated rings. The van der Waals surface area contributed by atoms with Crippen molar-refractivity contribution < 1.29 is 19.1 Å². The number of fused-ring (bicyclic) bond motifs is 1. The summed E-state index contributed by atoms with van der Waals surface area (Å²) in [5.74, 6) is 1.53. The molecule has 0 saturated carbocycles. The number of hydrogen-bond donors (Lipinski definition) is 2. The fourth-order valence-electron chi connectivity index (χ4n) is 2.41. The Morgan fingerprint density at radius 1 is 1.12 bits per heavy atom. The highest BCUT2D eigenvalue weighted by Gasteiger charge is 2.08. The van der Waals surface area contributed by atoms with E-state index in [1.54, 1.807) is 6.07 Å². The summed E-state index contributed by atoms with van der Waals surface area (Å²) in [6.07, 6.45) is -0.601. The van der Waals surface area contributed by atoms with Gasteiger partial charge in [0, 0.05) is 18.5 Å². The first-order valence-electron chi connectivity index (χ1n) is 8.28. The summed E-state index contributed by atoms with van der Waals surface area (Å²) in [7, 11) is 0. The molecule has 0 bridgehead atoms. The average Bonchev–Trinajstić information content (AvgIpc) is 3.01. The summed E-state index contributed by atoms with van der Waals surface area (Å²) in [6, 6.07) is 15.1. The largest absolute Gasteiger partial charge is 0.492 e. The Bertz CT molecular complexity index is 788. The van der Waals surface area contributed by atoms with Crippen molar-refractivity contribution in [3.8, 4) is 11.5 Å². The molecule has 0 aliphatic carbocycles. The zero-order chi connectivity index (χ0) is 17.5. The van der Waals surface area contributed by atoms with Crippen molar-refractivity contribution in [2.45, 2.75) is 13.0 Å². The molecule has 1 aromatic heterocycles. The highest BCUT2D eigenvalue weighted by Crippen LogP contribution is 2.23. The highest BCUT2D eigenvalue weighted by molar-refractivity contribution is 5.80. The molecular formula is C19H22N2O4. The predicted octanol–water partition coefficient (Wildman–Crippen LogP) is 2.54. The van der Waals surface area contributed by atoms with Crippen molar-refractivity contribution in [3.63, 3.8) is 0 Å². The number of rotatable bonds is 9. The van der Waals surface area contributed by atoms with Gasteiger partial charge in [0.15, 0.2) is 5.58 Å². The highest BCUT2D eigenvalue weighted by atomic mass is 16.5. The third-order valence-corrected chi connectivity index (χ3v) is 3.73. The van der Waals surface area contributed by atoms with Gasteiger partial charge in [-0.05, 0) is 37.3 Å². The Morgan fingerprint density at radius 3 is 2.80 bits per heavy atom. The second-order valence-corrected chi connectivity index (χ2v) is 5.76. The number of hydrogen-bond acceptors (Lipinski definition) is 6. The maximum absolute atomic E-state index is 10.00. The monoisotopic (exact) mass is 342 g/mol. The van der Waals surface area contributed by atoms with Crippen LogP contribution in [-0.2, 0) is 0 Å². The lowest BCUT2D eigenvalue weighted by atomic mass is 10.2. The van der Waals surface area contributed by atoms with Crippen molar-refractivity contribution in [2.24, 2.45) is 0 Å². The number of para-hydroxylation sites is 1. The van der Waals surface area contributed by atoms with Crippen molar-refractivity contribution in [1.82, 2.24) is 10.5 Å². The quantitative estimate of drug-likeness (QED) is 0.582. The van der Waals surface area contributed by atoms with Gasteiger partial charge in [0.1, 0.15) is 30.8 Å². The van der Waals surface area contributed by atoms with Gasteiger partial charge < -0.3 is 24.4 Å². The molecule has 6 nitrogen and oxygen atoms in total. The average molecular weight is 342 g/mol. The van der Waals surface area contributed by atoms with Crippen LogP contribution in [0.5, 0.6) is 11.5 Å². The molecule has 1 atom stereocenters. The number of ether oxygens (including phenoxy) is 2. The Morgan fingerprint density at radius 2 is 1.96 bits per heavy atom. The van der Waals surface area contributed by atoms with E-state index in [4.69, 9.17) is 14.0 Å². The van der Waals surface area contributed by atoms with E-state index in [-0.39, 0.29) is 6.61 Å². The number of aromatic nitrogens is 1. The molecule has 0 spiro atoms. The molecule has 132 valence electrons. The SMILES string of the molecule is Cc1noc2ccc(OCC(O)CNCCOc3ccccc3)cc12. The van der Waals surface area contributed by atoms with E-state index in [0.29, 0.717) is 25.4 Å². The first-order chi connectivity index (χ1) is 12.2. The van der Waals surface area contributed by atoms with Crippen LogP contribution in [0, 0.1) is 6.92 Å². The van der Waals surface area contributed by atoms with Gasteiger partial charge in [-0.1, -0.05) is 23.4 Å². The zero-order valence-corrected chi connectivity index (χ0v) is 14.1. The lowest BCUT2D eigenvalue weighted by molar-refractivity contribution is 0.105. The number of benzene rings is 2. The van der Waals surface area contributed by atoms with Gasteiger partial charge in [-0.2, -0.15) is 0 Å². The van der Waals surface area contributed by atoms with Crippen molar-refractivity contribution in [3.05, 3.63) is 54.2 Å². The van der Waals surface area contributed by atoms with Gasteiger partial charge in [-0.15, -0.1) is 0 Å². The van der Waals surface area contributed by atoms with Crippen LogP contribution in [-0.4, -0.2) is 42.7 Å². The van der Waals surface area contributed by atoms with Gasteiger partial charge in [-0.25, -0.2) is 0 Å².